The zero-order chi connectivity index (χ0) is 23.2. The van der Waals surface area contributed by atoms with E-state index in [1.165, 1.54) is 23.1 Å². The van der Waals surface area contributed by atoms with Gasteiger partial charge in [-0.15, -0.1) is 11.3 Å². The van der Waals surface area contributed by atoms with Crippen LogP contribution in [0.1, 0.15) is 36.2 Å². The van der Waals surface area contributed by atoms with Gasteiger partial charge in [0.25, 0.3) is 5.56 Å². The van der Waals surface area contributed by atoms with E-state index in [1.54, 1.807) is 9.13 Å². The summed E-state index contributed by atoms with van der Waals surface area (Å²) in [7, 11) is 1.82. The van der Waals surface area contributed by atoms with Gasteiger partial charge in [0.2, 0.25) is 0 Å². The molecule has 0 unspecified atom stereocenters. The minimum Gasteiger partial charge on any atom is -0.510 e. The Morgan fingerprint density at radius 3 is 2.66 bits per heavy atom. The molecule has 1 N–H and O–H groups in total. The molecule has 9 heteroatoms. The molecule has 1 aromatic carbocycles. The molecule has 32 heavy (non-hydrogen) atoms. The van der Waals surface area contributed by atoms with E-state index in [4.69, 9.17) is 4.98 Å². The van der Waals surface area contributed by atoms with Gasteiger partial charge in [0.1, 0.15) is 22.2 Å². The Labute approximate surface area is 193 Å². The number of aliphatic hydroxyl groups is 1. The Kier molecular flexibility index (Phi) is 5.84. The van der Waals surface area contributed by atoms with Crippen molar-refractivity contribution >= 4 is 49.9 Å². The highest BCUT2D eigenvalue weighted by Gasteiger charge is 2.21. The number of thiophene rings is 1. The fraction of sp³-hybridized carbons (Fsp3) is 0.304. The van der Waals surface area contributed by atoms with E-state index in [2.05, 4.69) is 11.1 Å². The number of aliphatic hydroxyl groups excluding tert-OH is 1. The number of hydrogen-bond donors (Lipinski definition) is 1. The van der Waals surface area contributed by atoms with Gasteiger partial charge in [-0.25, -0.2) is 9.97 Å². The fourth-order valence-corrected chi connectivity index (χ4v) is 5.74. The molecule has 0 fully saturated rings. The molecule has 0 atom stereocenters. The van der Waals surface area contributed by atoms with Crippen molar-refractivity contribution < 1.29 is 5.11 Å². The first-order valence-corrected chi connectivity index (χ1v) is 11.9. The molecule has 0 saturated carbocycles. The van der Waals surface area contributed by atoms with Gasteiger partial charge in [-0.1, -0.05) is 23.9 Å². The van der Waals surface area contributed by atoms with Crippen molar-refractivity contribution in [1.82, 2.24) is 19.1 Å². The predicted octanol–water partition coefficient (Wildman–Crippen LogP) is 5.13. The molecule has 3 aromatic heterocycles. The third-order valence-electron chi connectivity index (χ3n) is 5.47. The number of nitriles is 1. The van der Waals surface area contributed by atoms with Crippen LogP contribution in [0.5, 0.6) is 0 Å². The topological polar surface area (TPSA) is 96.7 Å². The first-order chi connectivity index (χ1) is 15.2. The Balaban J connectivity index is 1.75. The number of allylic oxidation sites excluding steroid dienone is 1. The molecule has 7 nitrogen and oxygen atoms in total. The quantitative estimate of drug-likeness (QED) is 0.190. The lowest BCUT2D eigenvalue weighted by Crippen LogP contribution is -2.25. The van der Waals surface area contributed by atoms with Crippen molar-refractivity contribution in [2.24, 2.45) is 7.05 Å². The van der Waals surface area contributed by atoms with Gasteiger partial charge in [0.05, 0.1) is 22.2 Å². The molecular formula is C23H23N5O2S2. The molecule has 0 saturated heterocycles. The number of thioether (sulfide) groups is 1. The monoisotopic (exact) mass is 465 g/mol. The number of aromatic nitrogens is 4. The summed E-state index contributed by atoms with van der Waals surface area (Å²) < 4.78 is 3.45. The van der Waals surface area contributed by atoms with Crippen molar-refractivity contribution in [3.63, 3.8) is 0 Å². The summed E-state index contributed by atoms with van der Waals surface area (Å²) in [4.78, 5) is 24.2. The highest BCUT2D eigenvalue weighted by molar-refractivity contribution is 7.99. The van der Waals surface area contributed by atoms with Crippen LogP contribution in [0.25, 0.3) is 26.8 Å². The molecule has 0 aliphatic heterocycles. The van der Waals surface area contributed by atoms with Gasteiger partial charge in [-0.05, 0) is 45.4 Å². The van der Waals surface area contributed by atoms with Crippen molar-refractivity contribution in [2.75, 3.05) is 5.75 Å². The number of fused-ring (bicyclic) bond motifs is 2. The number of para-hydroxylation sites is 2. The van der Waals surface area contributed by atoms with E-state index in [0.29, 0.717) is 21.2 Å². The van der Waals surface area contributed by atoms with Crippen molar-refractivity contribution in [3.8, 4) is 6.07 Å². The smallest absolute Gasteiger partial charge is 0.263 e. The lowest BCUT2D eigenvalue weighted by Gasteiger charge is -2.15. The van der Waals surface area contributed by atoms with E-state index in [0.717, 1.165) is 21.5 Å². The summed E-state index contributed by atoms with van der Waals surface area (Å²) in [6, 6.07) is 9.56. The average Bonchev–Trinajstić information content (AvgIpc) is 3.23. The minimum atomic E-state index is -0.0981. The van der Waals surface area contributed by atoms with Crippen LogP contribution in [0.4, 0.5) is 0 Å². The average molecular weight is 466 g/mol. The lowest BCUT2D eigenvalue weighted by atomic mass is 10.2. The van der Waals surface area contributed by atoms with Crippen molar-refractivity contribution in [2.45, 2.75) is 38.9 Å². The van der Waals surface area contributed by atoms with Crippen LogP contribution in [0.15, 0.2) is 40.0 Å². The maximum atomic E-state index is 13.2. The Hall–Kier alpha value is -3.09. The highest BCUT2D eigenvalue weighted by Crippen LogP contribution is 2.31. The summed E-state index contributed by atoms with van der Waals surface area (Å²) >= 11 is 2.74. The van der Waals surface area contributed by atoms with E-state index in [-0.39, 0.29) is 28.7 Å². The number of nitrogens with zero attached hydrogens (tertiary/aromatic N) is 5. The van der Waals surface area contributed by atoms with Crippen LogP contribution < -0.4 is 5.56 Å². The summed E-state index contributed by atoms with van der Waals surface area (Å²) in [6.07, 6.45) is 0. The Bertz CT molecular complexity index is 1480. The highest BCUT2D eigenvalue weighted by atomic mass is 32.2. The molecule has 0 bridgehead atoms. The summed E-state index contributed by atoms with van der Waals surface area (Å²) in [6.45, 7) is 7.80. The predicted molar refractivity (Wildman–Crippen MR) is 130 cm³/mol. The van der Waals surface area contributed by atoms with Crippen molar-refractivity contribution in [1.29, 1.82) is 5.26 Å². The minimum absolute atomic E-state index is 0.0753. The molecule has 4 rings (SSSR count). The third-order valence-corrected chi connectivity index (χ3v) is 7.53. The van der Waals surface area contributed by atoms with E-state index < -0.39 is 0 Å². The summed E-state index contributed by atoms with van der Waals surface area (Å²) in [5.74, 6) is 0.403. The number of aryl methyl sites for hydroxylation is 3. The molecule has 0 spiro atoms. The SMILES string of the molecule is Cc1sc2nc(SC/C(O)=C(/C#N)c3nc4ccccc4n3C)n(C(C)C)c(=O)c2c1C. The van der Waals surface area contributed by atoms with Crippen LogP contribution in [-0.4, -0.2) is 30.0 Å². The number of hydrogen-bond acceptors (Lipinski definition) is 7. The van der Waals surface area contributed by atoms with Crippen LogP contribution in [0, 0.1) is 25.2 Å². The van der Waals surface area contributed by atoms with Gasteiger partial charge < -0.3 is 9.67 Å². The largest absolute Gasteiger partial charge is 0.510 e. The van der Waals surface area contributed by atoms with Crippen LogP contribution in [0.2, 0.25) is 0 Å². The molecule has 0 radical (unpaired) electrons. The number of benzene rings is 1. The first kappa shape index (κ1) is 22.1. The van der Waals surface area contributed by atoms with Gasteiger partial charge in [-0.3, -0.25) is 9.36 Å². The van der Waals surface area contributed by atoms with Crippen LogP contribution in [0.3, 0.4) is 0 Å². The number of rotatable bonds is 5. The maximum absolute atomic E-state index is 13.2. The maximum Gasteiger partial charge on any atom is 0.263 e. The van der Waals surface area contributed by atoms with Crippen LogP contribution in [-0.2, 0) is 7.05 Å². The van der Waals surface area contributed by atoms with E-state index in [1.807, 2.05) is 59.0 Å². The molecule has 0 aliphatic rings. The fourth-order valence-electron chi connectivity index (χ4n) is 3.66. The second-order valence-corrected chi connectivity index (χ2v) is 9.98. The second kappa shape index (κ2) is 8.45. The molecule has 3 heterocycles. The lowest BCUT2D eigenvalue weighted by molar-refractivity contribution is 0.419. The van der Waals surface area contributed by atoms with Crippen molar-refractivity contribution in [3.05, 3.63) is 56.6 Å². The summed E-state index contributed by atoms with van der Waals surface area (Å²) in [5, 5.41) is 21.7. The zero-order valence-corrected chi connectivity index (χ0v) is 20.1. The number of imidazole rings is 1. The summed E-state index contributed by atoms with van der Waals surface area (Å²) in [5.41, 5.74) is 2.62. The molecule has 4 aromatic rings. The van der Waals surface area contributed by atoms with Gasteiger partial charge in [0.15, 0.2) is 11.0 Å². The first-order valence-electron chi connectivity index (χ1n) is 10.1. The second-order valence-electron chi connectivity index (χ2n) is 7.83. The molecule has 0 amide bonds. The molecule has 164 valence electrons. The van der Waals surface area contributed by atoms with Crippen LogP contribution >= 0.6 is 23.1 Å². The third kappa shape index (κ3) is 3.59. The molecular weight excluding hydrogens is 442 g/mol. The van der Waals surface area contributed by atoms with Gasteiger partial charge >= 0.3 is 0 Å². The van der Waals surface area contributed by atoms with E-state index >= 15 is 0 Å². The van der Waals surface area contributed by atoms with E-state index in [9.17, 15) is 15.2 Å². The molecule has 0 aliphatic carbocycles. The Morgan fingerprint density at radius 2 is 2.00 bits per heavy atom. The normalized spacial score (nSPS) is 12.5. The van der Waals surface area contributed by atoms with Gasteiger partial charge in [-0.2, -0.15) is 5.26 Å². The standard InChI is InChI=1S/C23H23N5O2S2/c1-12(2)28-22(30)19-13(3)14(4)32-21(19)26-23(28)31-11-18(29)15(10-24)20-25-16-8-6-7-9-17(16)27(20)5/h6-9,12,29H,11H2,1-5H3/b18-15+. The Morgan fingerprint density at radius 1 is 1.28 bits per heavy atom. The van der Waals surface area contributed by atoms with Gasteiger partial charge in [0, 0.05) is 18.0 Å². The zero-order valence-electron chi connectivity index (χ0n) is 18.5.